The van der Waals surface area contributed by atoms with Gasteiger partial charge >= 0.3 is 0 Å². The number of ether oxygens (including phenoxy) is 1. The lowest BCUT2D eigenvalue weighted by atomic mass is 10.1. The molecule has 1 heterocycles. The van der Waals surface area contributed by atoms with Crippen molar-refractivity contribution in [3.63, 3.8) is 0 Å². The van der Waals surface area contributed by atoms with Crippen molar-refractivity contribution in [2.45, 2.75) is 26.7 Å². The maximum Gasteiger partial charge on any atom is 0.226 e. The summed E-state index contributed by atoms with van der Waals surface area (Å²) in [5.74, 6) is 1.95. The Bertz CT molecular complexity index is 393. The maximum absolute atomic E-state index is 5.93. The fourth-order valence-corrected chi connectivity index (χ4v) is 2.00. The quantitative estimate of drug-likeness (QED) is 0.794. The molecule has 1 N–H and O–H groups in total. The molecule has 1 aromatic rings. The van der Waals surface area contributed by atoms with Gasteiger partial charge in [0.15, 0.2) is 0 Å². The van der Waals surface area contributed by atoms with E-state index in [0.29, 0.717) is 24.3 Å². The van der Waals surface area contributed by atoms with Gasteiger partial charge in [-0.25, -0.2) is 4.98 Å². The van der Waals surface area contributed by atoms with Crippen LogP contribution in [0.3, 0.4) is 0 Å². The zero-order chi connectivity index (χ0) is 12.3. The highest BCUT2D eigenvalue weighted by Crippen LogP contribution is 2.46. The first-order valence-electron chi connectivity index (χ1n) is 5.96. The third kappa shape index (κ3) is 3.22. The van der Waals surface area contributed by atoms with E-state index in [1.807, 2.05) is 19.9 Å². The van der Waals surface area contributed by atoms with Crippen molar-refractivity contribution in [2.75, 3.05) is 24.3 Å². The van der Waals surface area contributed by atoms with Gasteiger partial charge < -0.3 is 10.1 Å². The molecule has 0 unspecified atom stereocenters. The van der Waals surface area contributed by atoms with E-state index >= 15 is 0 Å². The third-order valence-corrected chi connectivity index (χ3v) is 3.55. The Kier molecular flexibility index (Phi) is 3.72. The van der Waals surface area contributed by atoms with Crippen LogP contribution in [0.25, 0.3) is 0 Å². The molecular formula is C12H18ClN3O. The van der Waals surface area contributed by atoms with E-state index in [-0.39, 0.29) is 5.41 Å². The standard InChI is InChI=1S/C12H18ClN3O/c1-3-17-10-6-9(2)15-11(16-10)14-8-12(7-13)4-5-12/h6H,3-5,7-8H2,1-2H3,(H,14,15,16). The molecule has 1 saturated carbocycles. The molecule has 4 nitrogen and oxygen atoms in total. The molecule has 1 aliphatic rings. The number of anilines is 1. The summed E-state index contributed by atoms with van der Waals surface area (Å²) in [5, 5.41) is 3.25. The largest absolute Gasteiger partial charge is 0.478 e. The van der Waals surface area contributed by atoms with Crippen molar-refractivity contribution in [3.05, 3.63) is 11.8 Å². The highest BCUT2D eigenvalue weighted by atomic mass is 35.5. The first-order chi connectivity index (χ1) is 8.17. The molecule has 0 atom stereocenters. The molecule has 0 aromatic carbocycles. The van der Waals surface area contributed by atoms with Gasteiger partial charge in [-0.15, -0.1) is 11.6 Å². The molecule has 94 valence electrons. The summed E-state index contributed by atoms with van der Waals surface area (Å²) in [6, 6.07) is 1.84. The van der Waals surface area contributed by atoms with Gasteiger partial charge in [-0.1, -0.05) is 0 Å². The molecule has 0 bridgehead atoms. The lowest BCUT2D eigenvalue weighted by Crippen LogP contribution is -2.18. The number of rotatable bonds is 6. The van der Waals surface area contributed by atoms with Gasteiger partial charge in [-0.2, -0.15) is 4.98 Å². The van der Waals surface area contributed by atoms with Crippen molar-refractivity contribution in [3.8, 4) is 5.88 Å². The number of halogens is 1. The molecule has 0 amide bonds. The van der Waals surface area contributed by atoms with E-state index in [9.17, 15) is 0 Å². The van der Waals surface area contributed by atoms with Crippen molar-refractivity contribution in [1.82, 2.24) is 9.97 Å². The SMILES string of the molecule is CCOc1cc(C)nc(NCC2(CCl)CC2)n1. The van der Waals surface area contributed by atoms with Gasteiger partial charge in [-0.05, 0) is 26.7 Å². The minimum atomic E-state index is 0.264. The minimum Gasteiger partial charge on any atom is -0.478 e. The second-order valence-corrected chi connectivity index (χ2v) is 4.86. The van der Waals surface area contributed by atoms with Crippen LogP contribution in [0.2, 0.25) is 0 Å². The summed E-state index contributed by atoms with van der Waals surface area (Å²) in [4.78, 5) is 8.64. The third-order valence-electron chi connectivity index (χ3n) is 2.99. The van der Waals surface area contributed by atoms with Crippen LogP contribution < -0.4 is 10.1 Å². The average Bonchev–Trinajstić information content (AvgIpc) is 3.07. The van der Waals surface area contributed by atoms with E-state index in [1.54, 1.807) is 0 Å². The van der Waals surface area contributed by atoms with Gasteiger partial charge in [-0.3, -0.25) is 0 Å². The summed E-state index contributed by atoms with van der Waals surface area (Å²) < 4.78 is 5.38. The van der Waals surface area contributed by atoms with Crippen molar-refractivity contribution < 1.29 is 4.74 Å². The Morgan fingerprint density at radius 2 is 2.24 bits per heavy atom. The molecular weight excluding hydrogens is 238 g/mol. The molecule has 5 heteroatoms. The maximum atomic E-state index is 5.93. The van der Waals surface area contributed by atoms with Gasteiger partial charge in [0.2, 0.25) is 11.8 Å². The van der Waals surface area contributed by atoms with Gasteiger partial charge in [0.25, 0.3) is 0 Å². The molecule has 0 saturated heterocycles. The number of hydrogen-bond acceptors (Lipinski definition) is 4. The van der Waals surface area contributed by atoms with Crippen LogP contribution in [0, 0.1) is 12.3 Å². The van der Waals surface area contributed by atoms with Crippen molar-refractivity contribution >= 4 is 17.5 Å². The molecule has 1 aliphatic carbocycles. The fourth-order valence-electron chi connectivity index (χ4n) is 1.64. The van der Waals surface area contributed by atoms with Crippen LogP contribution in [0.15, 0.2) is 6.07 Å². The zero-order valence-corrected chi connectivity index (χ0v) is 11.0. The Balaban J connectivity index is 2.00. The van der Waals surface area contributed by atoms with Crippen molar-refractivity contribution in [1.29, 1.82) is 0 Å². The smallest absolute Gasteiger partial charge is 0.226 e. The first kappa shape index (κ1) is 12.4. The Labute approximate surface area is 107 Å². The van der Waals surface area contributed by atoms with Gasteiger partial charge in [0.1, 0.15) is 0 Å². The molecule has 0 aliphatic heterocycles. The lowest BCUT2D eigenvalue weighted by molar-refractivity contribution is 0.326. The number of nitrogens with one attached hydrogen (secondary N) is 1. The Morgan fingerprint density at radius 3 is 2.82 bits per heavy atom. The molecule has 0 radical (unpaired) electrons. The second kappa shape index (κ2) is 5.08. The Morgan fingerprint density at radius 1 is 1.47 bits per heavy atom. The van der Waals surface area contributed by atoms with E-state index in [0.717, 1.165) is 12.2 Å². The van der Waals surface area contributed by atoms with Gasteiger partial charge in [0, 0.05) is 29.6 Å². The number of alkyl halides is 1. The van der Waals surface area contributed by atoms with E-state index in [1.165, 1.54) is 12.8 Å². The van der Waals surface area contributed by atoms with Crippen LogP contribution in [0.4, 0.5) is 5.95 Å². The molecule has 1 fully saturated rings. The highest BCUT2D eigenvalue weighted by Gasteiger charge is 2.41. The summed E-state index contributed by atoms with van der Waals surface area (Å²) in [5.41, 5.74) is 1.17. The van der Waals surface area contributed by atoms with Crippen LogP contribution >= 0.6 is 11.6 Å². The molecule has 0 spiro atoms. The highest BCUT2D eigenvalue weighted by molar-refractivity contribution is 6.18. The zero-order valence-electron chi connectivity index (χ0n) is 10.3. The Hall–Kier alpha value is -1.03. The van der Waals surface area contributed by atoms with Crippen LogP contribution in [0.5, 0.6) is 5.88 Å². The predicted octanol–water partition coefficient (Wildman–Crippen LogP) is 2.61. The average molecular weight is 256 g/mol. The predicted molar refractivity (Wildman–Crippen MR) is 68.8 cm³/mol. The summed E-state index contributed by atoms with van der Waals surface area (Å²) in [7, 11) is 0. The number of aromatic nitrogens is 2. The van der Waals surface area contributed by atoms with E-state index in [4.69, 9.17) is 16.3 Å². The monoisotopic (exact) mass is 255 g/mol. The normalized spacial score (nSPS) is 16.6. The molecule has 2 rings (SSSR count). The number of hydrogen-bond donors (Lipinski definition) is 1. The minimum absolute atomic E-state index is 0.264. The summed E-state index contributed by atoms with van der Waals surface area (Å²) >= 11 is 5.93. The van der Waals surface area contributed by atoms with Crippen molar-refractivity contribution in [2.24, 2.45) is 5.41 Å². The van der Waals surface area contributed by atoms with Crippen LogP contribution in [0.1, 0.15) is 25.5 Å². The van der Waals surface area contributed by atoms with Crippen LogP contribution in [-0.2, 0) is 0 Å². The van der Waals surface area contributed by atoms with E-state index < -0.39 is 0 Å². The topological polar surface area (TPSA) is 47.0 Å². The number of nitrogens with zero attached hydrogens (tertiary/aromatic N) is 2. The lowest BCUT2D eigenvalue weighted by Gasteiger charge is -2.13. The first-order valence-corrected chi connectivity index (χ1v) is 6.49. The summed E-state index contributed by atoms with van der Waals surface area (Å²) in [6.45, 7) is 5.33. The van der Waals surface area contributed by atoms with Crippen LogP contribution in [-0.4, -0.2) is 29.0 Å². The fraction of sp³-hybridized carbons (Fsp3) is 0.667. The van der Waals surface area contributed by atoms with E-state index in [2.05, 4.69) is 15.3 Å². The number of aryl methyl sites for hydroxylation is 1. The molecule has 1 aromatic heterocycles. The molecule has 17 heavy (non-hydrogen) atoms. The van der Waals surface area contributed by atoms with Gasteiger partial charge in [0.05, 0.1) is 6.61 Å². The summed E-state index contributed by atoms with van der Waals surface area (Å²) in [6.07, 6.45) is 2.38. The second-order valence-electron chi connectivity index (χ2n) is 4.59.